The Balaban J connectivity index is 0.000000422. The van der Waals surface area contributed by atoms with Crippen molar-refractivity contribution in [1.82, 2.24) is 0 Å². The SMILES string of the molecule is CC(C)(C)CCN.O.O=C(Nc1cccc(-c2ccc(SO)cc2)c1)C1(c2ccc3c(c2)OCO3)CC1. The molecule has 3 aromatic rings. The summed E-state index contributed by atoms with van der Waals surface area (Å²) >= 11 is 0.725. The van der Waals surface area contributed by atoms with Crippen LogP contribution in [0.4, 0.5) is 5.69 Å². The van der Waals surface area contributed by atoms with E-state index < -0.39 is 5.41 Å². The Bertz CT molecular complexity index is 1200. The van der Waals surface area contributed by atoms with Crippen molar-refractivity contribution in [1.29, 1.82) is 0 Å². The molecule has 0 spiro atoms. The van der Waals surface area contributed by atoms with Crippen molar-refractivity contribution >= 4 is 23.6 Å². The molecule has 1 aliphatic carbocycles. The monoisotopic (exact) mass is 524 g/mol. The third-order valence-electron chi connectivity index (χ3n) is 6.42. The van der Waals surface area contributed by atoms with Gasteiger partial charge in [0.25, 0.3) is 0 Å². The standard InChI is InChI=1S/C23H19NO4S.C6H15N.H2O/c25-22(23(10-11-23)17-6-9-20-21(13-17)28-14-27-20)24-18-3-1-2-16(12-18)15-4-7-19(29-26)8-5-15;1-6(2,3)4-5-7;/h1-9,12-13,26H,10-11,14H2,(H,24,25);4-5,7H2,1-3H3;1H2. The Morgan fingerprint density at radius 3 is 2.30 bits per heavy atom. The van der Waals surface area contributed by atoms with E-state index in [0.717, 1.165) is 70.9 Å². The number of hydrogen-bond acceptors (Lipinski definition) is 6. The second-order valence-corrected chi connectivity index (χ2v) is 11.1. The Labute approximate surface area is 222 Å². The van der Waals surface area contributed by atoms with Crippen LogP contribution >= 0.6 is 12.0 Å². The minimum atomic E-state index is -0.503. The van der Waals surface area contributed by atoms with Gasteiger partial charge in [0.15, 0.2) is 11.5 Å². The number of nitrogens with one attached hydrogen (secondary N) is 1. The second kappa shape index (κ2) is 12.0. The van der Waals surface area contributed by atoms with E-state index in [1.807, 2.05) is 66.7 Å². The maximum atomic E-state index is 13.1. The Kier molecular flexibility index (Phi) is 9.26. The normalized spacial score (nSPS) is 14.6. The largest absolute Gasteiger partial charge is 0.454 e. The van der Waals surface area contributed by atoms with E-state index in [9.17, 15) is 4.79 Å². The van der Waals surface area contributed by atoms with Crippen molar-refractivity contribution in [2.45, 2.75) is 50.3 Å². The fourth-order valence-electron chi connectivity index (χ4n) is 4.13. The summed E-state index contributed by atoms with van der Waals surface area (Å²) in [4.78, 5) is 13.9. The minimum Gasteiger partial charge on any atom is -0.454 e. The molecule has 7 nitrogen and oxygen atoms in total. The number of fused-ring (bicyclic) bond motifs is 1. The van der Waals surface area contributed by atoms with Crippen LogP contribution in [-0.2, 0) is 10.2 Å². The van der Waals surface area contributed by atoms with E-state index in [2.05, 4.69) is 26.1 Å². The highest BCUT2D eigenvalue weighted by Crippen LogP contribution is 2.51. The third-order valence-corrected chi connectivity index (χ3v) is 6.90. The lowest BCUT2D eigenvalue weighted by Gasteiger charge is -2.17. The lowest BCUT2D eigenvalue weighted by molar-refractivity contribution is -0.118. The van der Waals surface area contributed by atoms with Gasteiger partial charge in [-0.2, -0.15) is 0 Å². The van der Waals surface area contributed by atoms with Crippen molar-refractivity contribution in [3.05, 3.63) is 72.3 Å². The summed E-state index contributed by atoms with van der Waals surface area (Å²) in [7, 11) is 0. The van der Waals surface area contributed by atoms with Gasteiger partial charge in [-0.15, -0.1) is 0 Å². The Morgan fingerprint density at radius 2 is 1.70 bits per heavy atom. The summed E-state index contributed by atoms with van der Waals surface area (Å²) < 4.78 is 20.0. The van der Waals surface area contributed by atoms with Crippen LogP contribution in [-0.4, -0.2) is 29.3 Å². The van der Waals surface area contributed by atoms with Gasteiger partial charge in [-0.1, -0.05) is 51.1 Å². The number of ether oxygens (including phenoxy) is 2. The highest BCUT2D eigenvalue weighted by atomic mass is 32.2. The average molecular weight is 525 g/mol. The molecule has 198 valence electrons. The molecule has 0 unspecified atom stereocenters. The average Bonchev–Trinajstić information content (AvgIpc) is 3.55. The number of carbonyl (C=O) groups excluding carboxylic acids is 1. The van der Waals surface area contributed by atoms with Crippen LogP contribution in [0.1, 0.15) is 45.6 Å². The molecule has 0 radical (unpaired) electrons. The molecule has 0 atom stereocenters. The van der Waals surface area contributed by atoms with Gasteiger partial charge in [-0.25, -0.2) is 0 Å². The fraction of sp³-hybridized carbons (Fsp3) is 0.345. The second-order valence-electron chi connectivity index (χ2n) is 10.4. The van der Waals surface area contributed by atoms with Gasteiger partial charge < -0.3 is 30.6 Å². The molecule has 1 saturated carbocycles. The highest BCUT2D eigenvalue weighted by Gasteiger charge is 2.51. The van der Waals surface area contributed by atoms with Gasteiger partial charge in [0.05, 0.1) is 5.41 Å². The summed E-state index contributed by atoms with van der Waals surface area (Å²) in [5, 5.41) is 3.09. The molecule has 1 heterocycles. The van der Waals surface area contributed by atoms with Crippen molar-refractivity contribution in [2.75, 3.05) is 18.7 Å². The van der Waals surface area contributed by atoms with Gasteiger partial charge in [0.2, 0.25) is 12.7 Å². The van der Waals surface area contributed by atoms with Crippen LogP contribution in [0.25, 0.3) is 11.1 Å². The van der Waals surface area contributed by atoms with Gasteiger partial charge in [-0.05, 0) is 84.3 Å². The molecule has 6 N–H and O–H groups in total. The molecule has 2 aliphatic rings. The molecular formula is C29H36N2O5S. The first kappa shape index (κ1) is 28.5. The van der Waals surface area contributed by atoms with Crippen LogP contribution in [0, 0.1) is 5.41 Å². The zero-order chi connectivity index (χ0) is 25.8. The topological polar surface area (TPSA) is 125 Å². The predicted octanol–water partition coefficient (Wildman–Crippen LogP) is 5.87. The maximum Gasteiger partial charge on any atom is 0.235 e. The quantitative estimate of drug-likeness (QED) is 0.346. The van der Waals surface area contributed by atoms with E-state index >= 15 is 0 Å². The summed E-state index contributed by atoms with van der Waals surface area (Å²) in [6.07, 6.45) is 2.75. The van der Waals surface area contributed by atoms with E-state index in [1.54, 1.807) is 0 Å². The lowest BCUT2D eigenvalue weighted by atomic mass is 9.93. The van der Waals surface area contributed by atoms with Crippen LogP contribution in [0.15, 0.2) is 71.6 Å². The highest BCUT2D eigenvalue weighted by molar-refractivity contribution is 7.93. The molecule has 1 amide bonds. The Morgan fingerprint density at radius 1 is 1.00 bits per heavy atom. The first-order valence-electron chi connectivity index (χ1n) is 12.2. The molecule has 0 saturated heterocycles. The lowest BCUT2D eigenvalue weighted by Crippen LogP contribution is -2.27. The number of benzene rings is 3. The Hall–Kier alpha value is -3.04. The summed E-state index contributed by atoms with van der Waals surface area (Å²) in [5.41, 5.74) is 9.00. The number of amides is 1. The van der Waals surface area contributed by atoms with Gasteiger partial charge in [0.1, 0.15) is 0 Å². The number of rotatable bonds is 6. The molecule has 1 aliphatic heterocycles. The number of nitrogens with two attached hydrogens (primary N) is 1. The molecule has 37 heavy (non-hydrogen) atoms. The zero-order valence-corrected chi connectivity index (χ0v) is 22.4. The number of hydrogen-bond donors (Lipinski definition) is 3. The van der Waals surface area contributed by atoms with Crippen molar-refractivity contribution in [3.8, 4) is 22.6 Å². The predicted molar refractivity (Wildman–Crippen MR) is 149 cm³/mol. The minimum absolute atomic E-state index is 0. The van der Waals surface area contributed by atoms with Crippen LogP contribution in [0.2, 0.25) is 0 Å². The van der Waals surface area contributed by atoms with E-state index in [-0.39, 0.29) is 18.2 Å². The molecule has 1 fully saturated rings. The summed E-state index contributed by atoms with van der Waals surface area (Å²) in [6, 6.07) is 21.2. The molecule has 0 aromatic heterocycles. The van der Waals surface area contributed by atoms with E-state index in [0.29, 0.717) is 11.2 Å². The number of carbonyl (C=O) groups is 1. The van der Waals surface area contributed by atoms with E-state index in [1.165, 1.54) is 0 Å². The van der Waals surface area contributed by atoms with Gasteiger partial charge in [-0.3, -0.25) is 4.79 Å². The molecular weight excluding hydrogens is 488 g/mol. The van der Waals surface area contributed by atoms with Crippen LogP contribution in [0.3, 0.4) is 0 Å². The summed E-state index contributed by atoms with van der Waals surface area (Å²) in [5.74, 6) is 1.43. The third kappa shape index (κ3) is 7.05. The van der Waals surface area contributed by atoms with Gasteiger partial charge >= 0.3 is 0 Å². The first-order chi connectivity index (χ1) is 17.2. The molecule has 0 bridgehead atoms. The van der Waals surface area contributed by atoms with Crippen LogP contribution < -0.4 is 20.5 Å². The van der Waals surface area contributed by atoms with Crippen molar-refractivity contribution in [3.63, 3.8) is 0 Å². The molecule has 3 aromatic carbocycles. The number of anilines is 1. The van der Waals surface area contributed by atoms with Crippen molar-refractivity contribution in [2.24, 2.45) is 11.1 Å². The van der Waals surface area contributed by atoms with Gasteiger partial charge in [0, 0.05) is 22.6 Å². The fourth-order valence-corrected chi connectivity index (χ4v) is 4.39. The zero-order valence-electron chi connectivity index (χ0n) is 21.5. The van der Waals surface area contributed by atoms with Crippen LogP contribution in [0.5, 0.6) is 11.5 Å². The van der Waals surface area contributed by atoms with E-state index in [4.69, 9.17) is 19.8 Å². The first-order valence-corrected chi connectivity index (χ1v) is 12.9. The maximum absolute atomic E-state index is 13.1. The smallest absolute Gasteiger partial charge is 0.235 e. The van der Waals surface area contributed by atoms with Crippen molar-refractivity contribution < 1.29 is 24.3 Å². The summed E-state index contributed by atoms with van der Waals surface area (Å²) in [6.45, 7) is 7.62. The molecule has 5 rings (SSSR count). The molecule has 8 heteroatoms.